The predicted molar refractivity (Wildman–Crippen MR) is 106 cm³/mol. The number of ether oxygens (including phenoxy) is 1. The van der Waals surface area contributed by atoms with Crippen molar-refractivity contribution in [1.29, 1.82) is 0 Å². The van der Waals surface area contributed by atoms with Gasteiger partial charge in [0, 0.05) is 50.8 Å². The molecule has 2 atom stereocenters. The van der Waals surface area contributed by atoms with E-state index in [9.17, 15) is 4.79 Å². The Labute approximate surface area is 167 Å². The number of carbonyl (C=O) groups excluding carboxylic acids is 1. The molecule has 1 aromatic heterocycles. The lowest BCUT2D eigenvalue weighted by Gasteiger charge is -2.59. The molecule has 2 fully saturated rings. The van der Waals surface area contributed by atoms with Crippen LogP contribution in [-0.2, 0) is 9.53 Å². The quantitative estimate of drug-likeness (QED) is 0.816. The minimum Gasteiger partial charge on any atom is -0.378 e. The number of aromatic nitrogens is 2. The van der Waals surface area contributed by atoms with Gasteiger partial charge in [0.05, 0.1) is 6.10 Å². The average molecular weight is 406 g/mol. The van der Waals surface area contributed by atoms with Crippen LogP contribution in [0.15, 0.2) is 18.3 Å². The number of carbonyl (C=O) groups is 1. The number of rotatable bonds is 4. The molecule has 2 unspecified atom stereocenters. The number of amides is 1. The molecule has 3 rings (SSSR count). The molecule has 0 spiro atoms. The Morgan fingerprint density at radius 3 is 2.46 bits per heavy atom. The van der Waals surface area contributed by atoms with Gasteiger partial charge in [0.2, 0.25) is 5.91 Å². The third kappa shape index (κ3) is 3.76. The molecular formula is C17H29Cl2N5O2. The Balaban J connectivity index is 0.00000169. The van der Waals surface area contributed by atoms with E-state index in [1.54, 1.807) is 6.20 Å². The van der Waals surface area contributed by atoms with Gasteiger partial charge in [-0.2, -0.15) is 5.10 Å². The van der Waals surface area contributed by atoms with Gasteiger partial charge in [0.1, 0.15) is 5.54 Å². The first-order valence-corrected chi connectivity index (χ1v) is 8.62. The van der Waals surface area contributed by atoms with E-state index in [-0.39, 0.29) is 42.2 Å². The number of nitrogens with zero attached hydrogens (tertiary/aromatic N) is 4. The van der Waals surface area contributed by atoms with Crippen LogP contribution in [0, 0.1) is 5.41 Å². The van der Waals surface area contributed by atoms with Crippen molar-refractivity contribution in [3.05, 3.63) is 18.3 Å². The molecule has 2 aliphatic rings. The first-order chi connectivity index (χ1) is 11.4. The molecule has 148 valence electrons. The molecule has 26 heavy (non-hydrogen) atoms. The minimum absolute atomic E-state index is 0. The summed E-state index contributed by atoms with van der Waals surface area (Å²) in [6, 6.07) is 3.82. The van der Waals surface area contributed by atoms with Crippen LogP contribution in [0.25, 0.3) is 0 Å². The fourth-order valence-electron chi connectivity index (χ4n) is 3.68. The van der Waals surface area contributed by atoms with Crippen LogP contribution in [0.2, 0.25) is 0 Å². The lowest BCUT2D eigenvalue weighted by molar-refractivity contribution is -0.179. The van der Waals surface area contributed by atoms with Crippen LogP contribution < -0.4 is 10.6 Å². The third-order valence-corrected chi connectivity index (χ3v) is 5.66. The van der Waals surface area contributed by atoms with E-state index in [4.69, 9.17) is 10.5 Å². The Hall–Kier alpha value is -1.15. The van der Waals surface area contributed by atoms with Crippen molar-refractivity contribution in [3.63, 3.8) is 0 Å². The zero-order valence-electron chi connectivity index (χ0n) is 15.6. The first-order valence-electron chi connectivity index (χ1n) is 8.62. The number of hydrogen-bond acceptors (Lipinski definition) is 6. The monoisotopic (exact) mass is 405 g/mol. The zero-order chi connectivity index (χ0) is 17.4. The van der Waals surface area contributed by atoms with E-state index in [2.05, 4.69) is 15.1 Å². The Bertz CT molecular complexity index is 596. The second-order valence-electron chi connectivity index (χ2n) is 7.20. The number of halogens is 2. The van der Waals surface area contributed by atoms with Crippen molar-refractivity contribution in [1.82, 2.24) is 15.1 Å². The van der Waals surface area contributed by atoms with Gasteiger partial charge >= 0.3 is 0 Å². The molecule has 1 amide bonds. The number of piperazine rings is 1. The standard InChI is InChI=1S/C17H27N5O2.2ClH/c1-4-24-13-12-17(18,16(13,2)3)15(23)22-10-8-21(9-11-22)14-6-5-7-19-20-14;;/h5-7,13H,4,8-12,18H2,1-3H3;2*1H. The normalized spacial score (nSPS) is 27.0. The smallest absolute Gasteiger partial charge is 0.243 e. The summed E-state index contributed by atoms with van der Waals surface area (Å²) in [6.45, 7) is 9.49. The van der Waals surface area contributed by atoms with Gasteiger partial charge in [0.25, 0.3) is 0 Å². The average Bonchev–Trinajstić information content (AvgIpc) is 2.61. The van der Waals surface area contributed by atoms with Gasteiger partial charge in [-0.1, -0.05) is 13.8 Å². The van der Waals surface area contributed by atoms with E-state index < -0.39 is 5.54 Å². The summed E-state index contributed by atoms with van der Waals surface area (Å²) < 4.78 is 5.73. The van der Waals surface area contributed by atoms with E-state index in [1.807, 2.05) is 37.8 Å². The number of anilines is 1. The van der Waals surface area contributed by atoms with Crippen molar-refractivity contribution in [2.24, 2.45) is 11.1 Å². The van der Waals surface area contributed by atoms with Crippen LogP contribution >= 0.6 is 24.8 Å². The van der Waals surface area contributed by atoms with Crippen LogP contribution in [-0.4, -0.2) is 65.4 Å². The van der Waals surface area contributed by atoms with Crippen molar-refractivity contribution in [2.75, 3.05) is 37.7 Å². The Morgan fingerprint density at radius 2 is 1.96 bits per heavy atom. The van der Waals surface area contributed by atoms with Gasteiger partial charge in [-0.3, -0.25) is 4.79 Å². The van der Waals surface area contributed by atoms with E-state index in [0.717, 1.165) is 18.9 Å². The molecule has 1 aromatic rings. The van der Waals surface area contributed by atoms with Crippen molar-refractivity contribution < 1.29 is 9.53 Å². The highest BCUT2D eigenvalue weighted by molar-refractivity contribution is 5.89. The third-order valence-electron chi connectivity index (χ3n) is 5.66. The molecule has 1 aliphatic carbocycles. The van der Waals surface area contributed by atoms with Gasteiger partial charge in [0.15, 0.2) is 5.82 Å². The summed E-state index contributed by atoms with van der Waals surface area (Å²) >= 11 is 0. The SMILES string of the molecule is CCOC1CC(N)(C(=O)N2CCN(c3cccnn3)CC2)C1(C)C.Cl.Cl. The Kier molecular flexibility index (Phi) is 7.65. The number of nitrogens with two attached hydrogens (primary N) is 1. The lowest BCUT2D eigenvalue weighted by Crippen LogP contribution is -2.76. The fourth-order valence-corrected chi connectivity index (χ4v) is 3.68. The van der Waals surface area contributed by atoms with Gasteiger partial charge in [-0.05, 0) is 19.1 Å². The maximum Gasteiger partial charge on any atom is 0.243 e. The van der Waals surface area contributed by atoms with Crippen molar-refractivity contribution in [3.8, 4) is 0 Å². The van der Waals surface area contributed by atoms with E-state index >= 15 is 0 Å². The van der Waals surface area contributed by atoms with Crippen molar-refractivity contribution in [2.45, 2.75) is 38.8 Å². The molecule has 9 heteroatoms. The summed E-state index contributed by atoms with van der Waals surface area (Å²) in [5.41, 5.74) is 5.34. The summed E-state index contributed by atoms with van der Waals surface area (Å²) in [4.78, 5) is 17.0. The topological polar surface area (TPSA) is 84.6 Å². The highest BCUT2D eigenvalue weighted by Gasteiger charge is 2.63. The second-order valence-corrected chi connectivity index (χ2v) is 7.20. The summed E-state index contributed by atoms with van der Waals surface area (Å²) in [5.74, 6) is 0.898. The molecule has 0 radical (unpaired) electrons. The van der Waals surface area contributed by atoms with Crippen LogP contribution in [0.4, 0.5) is 5.82 Å². The maximum atomic E-state index is 13.0. The molecular weight excluding hydrogens is 377 g/mol. The van der Waals surface area contributed by atoms with E-state index in [1.165, 1.54) is 0 Å². The van der Waals surface area contributed by atoms with Gasteiger partial charge < -0.3 is 20.3 Å². The molecule has 0 bridgehead atoms. The predicted octanol–water partition coefficient (Wildman–Crippen LogP) is 1.50. The summed E-state index contributed by atoms with van der Waals surface area (Å²) in [5, 5.41) is 8.05. The molecule has 1 saturated carbocycles. The number of hydrogen-bond donors (Lipinski definition) is 1. The Morgan fingerprint density at radius 1 is 1.31 bits per heavy atom. The maximum absolute atomic E-state index is 13.0. The molecule has 7 nitrogen and oxygen atoms in total. The zero-order valence-corrected chi connectivity index (χ0v) is 17.2. The van der Waals surface area contributed by atoms with Crippen LogP contribution in [0.3, 0.4) is 0 Å². The van der Waals surface area contributed by atoms with Gasteiger partial charge in [-0.15, -0.1) is 29.9 Å². The summed E-state index contributed by atoms with van der Waals surface area (Å²) in [6.07, 6.45) is 2.31. The minimum atomic E-state index is -0.832. The molecule has 1 saturated heterocycles. The van der Waals surface area contributed by atoms with Crippen LogP contribution in [0.1, 0.15) is 27.2 Å². The van der Waals surface area contributed by atoms with Crippen molar-refractivity contribution >= 4 is 36.5 Å². The highest BCUT2D eigenvalue weighted by atomic mass is 35.5. The second kappa shape index (κ2) is 8.69. The fraction of sp³-hybridized carbons (Fsp3) is 0.706. The molecule has 2 heterocycles. The summed E-state index contributed by atoms with van der Waals surface area (Å²) in [7, 11) is 0. The van der Waals surface area contributed by atoms with E-state index in [0.29, 0.717) is 26.1 Å². The largest absolute Gasteiger partial charge is 0.378 e. The first kappa shape index (κ1) is 22.9. The van der Waals surface area contributed by atoms with Crippen LogP contribution in [0.5, 0.6) is 0 Å². The molecule has 2 N–H and O–H groups in total. The molecule has 0 aromatic carbocycles. The molecule has 1 aliphatic heterocycles. The van der Waals surface area contributed by atoms with Gasteiger partial charge in [-0.25, -0.2) is 0 Å². The lowest BCUT2D eigenvalue weighted by atomic mass is 9.54. The highest BCUT2D eigenvalue weighted by Crippen LogP contribution is 2.50.